The second-order valence-electron chi connectivity index (χ2n) is 7.41. The molecule has 2 fully saturated rings. The Bertz CT molecular complexity index is 871. The molecule has 2 saturated carbocycles. The fourth-order valence-electron chi connectivity index (χ4n) is 4.24. The number of hydrogen-bond acceptors (Lipinski definition) is 3. The number of rotatable bonds is 2. The average Bonchev–Trinajstić information content (AvgIpc) is 2.64. The highest BCUT2D eigenvalue weighted by Gasteiger charge is 2.22. The molecule has 2 aromatic rings. The molecule has 0 amide bonds. The maximum atomic E-state index is 13.2. The predicted molar refractivity (Wildman–Crippen MR) is 100 cm³/mol. The van der Waals surface area contributed by atoms with E-state index in [0.717, 1.165) is 38.5 Å². The summed E-state index contributed by atoms with van der Waals surface area (Å²) in [5.41, 5.74) is 1.08. The van der Waals surface area contributed by atoms with Crippen molar-refractivity contribution in [3.63, 3.8) is 0 Å². The van der Waals surface area contributed by atoms with E-state index in [9.17, 15) is 4.79 Å². The second kappa shape index (κ2) is 7.36. The molecular weight excluding hydrogens is 336 g/mol. The van der Waals surface area contributed by atoms with E-state index in [2.05, 4.69) is 0 Å². The Hall–Kier alpha value is -1.55. The Balaban J connectivity index is 1.90. The number of fused-ring (bicyclic) bond motifs is 1. The largest absolute Gasteiger partial charge is 0.425 e. The molecule has 0 radical (unpaired) electrons. The average molecular weight is 361 g/mol. The number of halogens is 1. The van der Waals surface area contributed by atoms with Gasteiger partial charge < -0.3 is 4.42 Å². The molecule has 0 atom stereocenters. The molecule has 0 aliphatic heterocycles. The molecule has 4 nitrogen and oxygen atoms in total. The van der Waals surface area contributed by atoms with Crippen molar-refractivity contribution in [2.24, 2.45) is 4.99 Å². The summed E-state index contributed by atoms with van der Waals surface area (Å²) in [7, 11) is 0. The minimum atomic E-state index is -0.00907. The van der Waals surface area contributed by atoms with Gasteiger partial charge in [-0.3, -0.25) is 9.36 Å². The van der Waals surface area contributed by atoms with Crippen LogP contribution in [0.1, 0.15) is 70.3 Å². The first-order valence-electron chi connectivity index (χ1n) is 9.61. The Morgan fingerprint density at radius 2 is 1.68 bits per heavy atom. The van der Waals surface area contributed by atoms with E-state index in [0.29, 0.717) is 21.7 Å². The smallest absolute Gasteiger partial charge is 0.300 e. The van der Waals surface area contributed by atoms with Crippen LogP contribution in [-0.2, 0) is 0 Å². The summed E-state index contributed by atoms with van der Waals surface area (Å²) in [5, 5.41) is 1.12. The summed E-state index contributed by atoms with van der Waals surface area (Å²) in [6.07, 6.45) is 11.5. The number of benzene rings is 1. The summed E-state index contributed by atoms with van der Waals surface area (Å²) >= 11 is 6.11. The Morgan fingerprint density at radius 3 is 2.40 bits per heavy atom. The van der Waals surface area contributed by atoms with Crippen molar-refractivity contribution in [2.45, 2.75) is 76.3 Å². The van der Waals surface area contributed by atoms with Crippen molar-refractivity contribution in [1.29, 1.82) is 0 Å². The van der Waals surface area contributed by atoms with Gasteiger partial charge in [0.15, 0.2) is 0 Å². The summed E-state index contributed by atoms with van der Waals surface area (Å²) in [6.45, 7) is 0. The molecule has 1 heterocycles. The highest BCUT2D eigenvalue weighted by Crippen LogP contribution is 2.27. The zero-order valence-electron chi connectivity index (χ0n) is 14.5. The lowest BCUT2D eigenvalue weighted by Gasteiger charge is -2.24. The normalized spacial score (nSPS) is 21.1. The second-order valence-corrected chi connectivity index (χ2v) is 7.85. The van der Waals surface area contributed by atoms with E-state index in [1.54, 1.807) is 18.2 Å². The first kappa shape index (κ1) is 16.9. The molecule has 0 saturated heterocycles. The van der Waals surface area contributed by atoms with Gasteiger partial charge in [-0.25, -0.2) is 4.99 Å². The van der Waals surface area contributed by atoms with Gasteiger partial charge in [0.2, 0.25) is 0 Å². The van der Waals surface area contributed by atoms with Crippen molar-refractivity contribution in [3.8, 4) is 0 Å². The zero-order valence-corrected chi connectivity index (χ0v) is 15.3. The van der Waals surface area contributed by atoms with Crippen LogP contribution in [-0.4, -0.2) is 10.6 Å². The third-order valence-corrected chi connectivity index (χ3v) is 5.84. The molecule has 5 heteroatoms. The van der Waals surface area contributed by atoms with Crippen LogP contribution in [0.5, 0.6) is 0 Å². The van der Waals surface area contributed by atoms with Crippen LogP contribution in [0.4, 0.5) is 0 Å². The highest BCUT2D eigenvalue weighted by molar-refractivity contribution is 6.31. The molecule has 1 aromatic carbocycles. The first-order chi connectivity index (χ1) is 12.2. The van der Waals surface area contributed by atoms with E-state index in [1.165, 1.54) is 25.7 Å². The molecule has 1 aromatic heterocycles. The van der Waals surface area contributed by atoms with Crippen molar-refractivity contribution in [1.82, 2.24) is 4.57 Å². The zero-order chi connectivity index (χ0) is 17.2. The lowest BCUT2D eigenvalue weighted by molar-refractivity contribution is 0.295. The van der Waals surface area contributed by atoms with E-state index in [-0.39, 0.29) is 17.6 Å². The topological polar surface area (TPSA) is 47.5 Å². The summed E-state index contributed by atoms with van der Waals surface area (Å²) < 4.78 is 7.95. The number of nitrogens with zero attached hydrogens (tertiary/aromatic N) is 2. The summed E-state index contributed by atoms with van der Waals surface area (Å²) in [6, 6.07) is 5.73. The van der Waals surface area contributed by atoms with Crippen LogP contribution in [0.15, 0.2) is 32.4 Å². The molecule has 2 aliphatic carbocycles. The SMILES string of the molecule is O=c1c2cc(Cl)ccc2oc(=NC2CCCCC2)n1C1CCCCC1. The Kier molecular flexibility index (Phi) is 4.98. The quantitative estimate of drug-likeness (QED) is 0.757. The van der Waals surface area contributed by atoms with Crippen molar-refractivity contribution in [3.05, 3.63) is 39.3 Å². The lowest BCUT2D eigenvalue weighted by atomic mass is 9.95. The maximum Gasteiger partial charge on any atom is 0.300 e. The van der Waals surface area contributed by atoms with Gasteiger partial charge in [-0.2, -0.15) is 0 Å². The molecule has 25 heavy (non-hydrogen) atoms. The minimum Gasteiger partial charge on any atom is -0.425 e. The fraction of sp³-hybridized carbons (Fsp3) is 0.600. The van der Waals surface area contributed by atoms with Gasteiger partial charge in [0, 0.05) is 11.1 Å². The number of aromatic nitrogens is 1. The van der Waals surface area contributed by atoms with Gasteiger partial charge in [0.05, 0.1) is 11.4 Å². The molecule has 0 N–H and O–H groups in total. The molecule has 0 unspecified atom stereocenters. The first-order valence-corrected chi connectivity index (χ1v) is 9.99. The van der Waals surface area contributed by atoms with Gasteiger partial charge >= 0.3 is 5.68 Å². The van der Waals surface area contributed by atoms with Gasteiger partial charge in [-0.05, 0) is 43.9 Å². The van der Waals surface area contributed by atoms with Gasteiger partial charge in [-0.15, -0.1) is 0 Å². The molecule has 4 rings (SSSR count). The van der Waals surface area contributed by atoms with Crippen molar-refractivity contribution in [2.75, 3.05) is 0 Å². The van der Waals surface area contributed by atoms with Gasteiger partial charge in [0.25, 0.3) is 5.56 Å². The molecular formula is C20H25ClN2O2. The van der Waals surface area contributed by atoms with Crippen molar-refractivity contribution >= 4 is 22.6 Å². The summed E-state index contributed by atoms with van der Waals surface area (Å²) in [5.74, 6) is 0. The van der Waals surface area contributed by atoms with E-state index in [4.69, 9.17) is 21.0 Å². The molecule has 134 valence electrons. The molecule has 2 aliphatic rings. The van der Waals surface area contributed by atoms with Gasteiger partial charge in [0.1, 0.15) is 5.58 Å². The van der Waals surface area contributed by atoms with Crippen LogP contribution < -0.4 is 11.2 Å². The minimum absolute atomic E-state index is 0.00907. The third kappa shape index (κ3) is 3.55. The van der Waals surface area contributed by atoms with Crippen LogP contribution >= 0.6 is 11.6 Å². The van der Waals surface area contributed by atoms with E-state index >= 15 is 0 Å². The van der Waals surface area contributed by atoms with Gasteiger partial charge in [-0.1, -0.05) is 50.1 Å². The lowest BCUT2D eigenvalue weighted by Crippen LogP contribution is -2.38. The Morgan fingerprint density at radius 1 is 1.00 bits per heavy atom. The molecule has 0 bridgehead atoms. The monoisotopic (exact) mass is 360 g/mol. The van der Waals surface area contributed by atoms with Crippen LogP contribution in [0.25, 0.3) is 11.0 Å². The Labute approximate surface area is 152 Å². The van der Waals surface area contributed by atoms with Crippen molar-refractivity contribution < 1.29 is 4.42 Å². The number of hydrogen-bond donors (Lipinski definition) is 0. The molecule has 0 spiro atoms. The van der Waals surface area contributed by atoms with E-state index < -0.39 is 0 Å². The highest BCUT2D eigenvalue weighted by atomic mass is 35.5. The van der Waals surface area contributed by atoms with Crippen LogP contribution in [0, 0.1) is 0 Å². The maximum absolute atomic E-state index is 13.2. The van der Waals surface area contributed by atoms with Crippen LogP contribution in [0.3, 0.4) is 0 Å². The predicted octanol–water partition coefficient (Wildman–Crippen LogP) is 4.99. The summed E-state index contributed by atoms with van der Waals surface area (Å²) in [4.78, 5) is 18.1. The van der Waals surface area contributed by atoms with E-state index in [1.807, 2.05) is 4.57 Å². The van der Waals surface area contributed by atoms with Crippen LogP contribution in [0.2, 0.25) is 5.02 Å². The fourth-order valence-corrected chi connectivity index (χ4v) is 4.41. The standard InChI is InChI=1S/C20H25ClN2O2/c21-14-11-12-18-17(13-14)19(24)23(16-9-5-2-6-10-16)20(25-18)22-15-7-3-1-4-8-15/h11-13,15-16H,1-10H2. The third-order valence-electron chi connectivity index (χ3n) is 5.61.